The number of hydrogen-bond donors (Lipinski definition) is 0. The fourth-order valence-electron chi connectivity index (χ4n) is 4.70. The van der Waals surface area contributed by atoms with E-state index in [2.05, 4.69) is 9.73 Å². The molecule has 1 aliphatic heterocycles. The Balaban J connectivity index is 1.95. The lowest BCUT2D eigenvalue weighted by atomic mass is 9.95. The Morgan fingerprint density at radius 1 is 1.11 bits per heavy atom. The van der Waals surface area contributed by atoms with Crippen molar-refractivity contribution >= 4 is 40.7 Å². The number of nitrogens with zero attached hydrogens (tertiary/aromatic N) is 4. The van der Waals surface area contributed by atoms with Gasteiger partial charge in [0.1, 0.15) is 0 Å². The summed E-state index contributed by atoms with van der Waals surface area (Å²) in [7, 11) is 4.84. The van der Waals surface area contributed by atoms with Crippen LogP contribution in [0.5, 0.6) is 11.5 Å². The first-order chi connectivity index (χ1) is 21.0. The van der Waals surface area contributed by atoms with Crippen LogP contribution in [-0.2, 0) is 19.1 Å². The number of aromatic nitrogens is 1. The topological polar surface area (TPSA) is 152 Å². The summed E-state index contributed by atoms with van der Waals surface area (Å²) in [5, 5.41) is 11.5. The van der Waals surface area contributed by atoms with E-state index in [0.717, 1.165) is 11.3 Å². The summed E-state index contributed by atoms with van der Waals surface area (Å²) in [6.07, 6.45) is 1.59. The number of rotatable bonds is 11. The van der Waals surface area contributed by atoms with Crippen LogP contribution in [0.2, 0.25) is 0 Å². The molecule has 0 saturated carbocycles. The average molecular weight is 625 g/mol. The van der Waals surface area contributed by atoms with Crippen molar-refractivity contribution in [2.75, 3.05) is 45.9 Å². The Morgan fingerprint density at radius 3 is 2.50 bits per heavy atom. The lowest BCUT2D eigenvalue weighted by Crippen LogP contribution is -2.40. The molecule has 0 amide bonds. The molecule has 0 saturated heterocycles. The third-order valence-corrected chi connectivity index (χ3v) is 7.65. The van der Waals surface area contributed by atoms with Crippen LogP contribution in [0.4, 0.5) is 11.4 Å². The first-order valence-electron chi connectivity index (χ1n) is 13.6. The minimum absolute atomic E-state index is 0.108. The second-order valence-electron chi connectivity index (χ2n) is 9.70. The standard InChI is InChI=1S/C30H32N4O9S/c1-7-41-23-14-18(9-12-22(23)43-16-25(35)40-6)27-26(29(37)42-8-2)17(3)31-30-33(27)28(36)24(44-30)15-19-13-20(34(38)39)10-11-21(19)32(4)5/h9-15,27H,7-8,16H2,1-6H3/b24-15-/t27-/m1/s1. The molecule has 1 aliphatic rings. The van der Waals surface area contributed by atoms with Gasteiger partial charge in [-0.2, -0.15) is 0 Å². The van der Waals surface area contributed by atoms with Crippen LogP contribution in [0, 0.1) is 10.1 Å². The normalized spacial score (nSPS) is 14.4. The Morgan fingerprint density at radius 2 is 1.86 bits per heavy atom. The van der Waals surface area contributed by atoms with Gasteiger partial charge in [-0.3, -0.25) is 19.5 Å². The molecule has 3 aromatic rings. The number of non-ortho nitro benzene ring substituents is 1. The number of thiazole rings is 1. The molecule has 44 heavy (non-hydrogen) atoms. The smallest absolute Gasteiger partial charge is 0.343 e. The van der Waals surface area contributed by atoms with Gasteiger partial charge in [-0.25, -0.2) is 14.6 Å². The second kappa shape index (κ2) is 13.5. The number of anilines is 1. The molecule has 0 fully saturated rings. The first kappa shape index (κ1) is 31.9. The number of hydrogen-bond acceptors (Lipinski definition) is 12. The highest BCUT2D eigenvalue weighted by atomic mass is 32.1. The minimum atomic E-state index is -0.945. The van der Waals surface area contributed by atoms with E-state index in [-0.39, 0.29) is 41.4 Å². The van der Waals surface area contributed by atoms with E-state index in [1.165, 1.54) is 23.8 Å². The van der Waals surface area contributed by atoms with Gasteiger partial charge in [-0.05, 0) is 50.6 Å². The molecule has 0 unspecified atom stereocenters. The number of esters is 2. The van der Waals surface area contributed by atoms with Crippen molar-refractivity contribution in [3.05, 3.63) is 88.6 Å². The fourth-order valence-corrected chi connectivity index (χ4v) is 5.74. The van der Waals surface area contributed by atoms with Crippen molar-refractivity contribution in [2.45, 2.75) is 26.8 Å². The summed E-state index contributed by atoms with van der Waals surface area (Å²) in [4.78, 5) is 56.7. The highest BCUT2D eigenvalue weighted by Gasteiger charge is 2.34. The van der Waals surface area contributed by atoms with Gasteiger partial charge in [0.25, 0.3) is 11.2 Å². The van der Waals surface area contributed by atoms with Gasteiger partial charge in [0, 0.05) is 37.5 Å². The third kappa shape index (κ3) is 6.49. The molecular formula is C30H32N4O9S. The van der Waals surface area contributed by atoms with Gasteiger partial charge in [0.2, 0.25) is 0 Å². The molecule has 4 rings (SSSR count). The van der Waals surface area contributed by atoms with Crippen molar-refractivity contribution in [3.63, 3.8) is 0 Å². The van der Waals surface area contributed by atoms with Gasteiger partial charge < -0.3 is 23.8 Å². The molecule has 1 aromatic heterocycles. The van der Waals surface area contributed by atoms with Crippen LogP contribution in [-0.4, -0.2) is 62.5 Å². The van der Waals surface area contributed by atoms with Crippen molar-refractivity contribution in [1.29, 1.82) is 0 Å². The van der Waals surface area contributed by atoms with Crippen LogP contribution in [0.25, 0.3) is 6.08 Å². The molecule has 13 nitrogen and oxygen atoms in total. The van der Waals surface area contributed by atoms with Crippen LogP contribution in [0.3, 0.4) is 0 Å². The zero-order chi connectivity index (χ0) is 32.1. The van der Waals surface area contributed by atoms with Gasteiger partial charge in [-0.15, -0.1) is 0 Å². The molecule has 0 spiro atoms. The summed E-state index contributed by atoms with van der Waals surface area (Å²) in [6.45, 7) is 5.17. The first-order valence-corrected chi connectivity index (χ1v) is 14.4. The lowest BCUT2D eigenvalue weighted by molar-refractivity contribution is -0.384. The molecular weight excluding hydrogens is 592 g/mol. The number of benzene rings is 2. The Bertz CT molecular complexity index is 1820. The van der Waals surface area contributed by atoms with E-state index < -0.39 is 28.5 Å². The molecule has 0 radical (unpaired) electrons. The number of nitro benzene ring substituents is 1. The SMILES string of the molecule is CCOC(=O)C1=C(C)N=c2s/c(=C\c3cc([N+](=O)[O-])ccc3N(C)C)c(=O)n2[C@@H]1c1ccc(OCC(=O)OC)c(OCC)c1. The van der Waals surface area contributed by atoms with Crippen LogP contribution in [0.1, 0.15) is 37.9 Å². The number of nitro groups is 1. The summed E-state index contributed by atoms with van der Waals surface area (Å²) < 4.78 is 23.1. The van der Waals surface area contributed by atoms with E-state index in [9.17, 15) is 24.5 Å². The van der Waals surface area contributed by atoms with Crippen LogP contribution >= 0.6 is 11.3 Å². The molecule has 0 bridgehead atoms. The number of ether oxygens (including phenoxy) is 4. The molecule has 2 aromatic carbocycles. The zero-order valence-corrected chi connectivity index (χ0v) is 25.9. The van der Waals surface area contributed by atoms with E-state index in [0.29, 0.717) is 33.1 Å². The molecule has 2 heterocycles. The number of carbonyl (C=O) groups excluding carboxylic acids is 2. The molecule has 0 aliphatic carbocycles. The molecule has 14 heteroatoms. The maximum absolute atomic E-state index is 14.1. The number of carbonyl (C=O) groups is 2. The van der Waals surface area contributed by atoms with Crippen molar-refractivity contribution < 1.29 is 33.5 Å². The number of fused-ring (bicyclic) bond motifs is 1. The van der Waals surface area contributed by atoms with Gasteiger partial charge in [0.05, 0.1) is 47.1 Å². The van der Waals surface area contributed by atoms with E-state index in [1.807, 2.05) is 0 Å². The van der Waals surface area contributed by atoms with Crippen molar-refractivity contribution in [1.82, 2.24) is 4.57 Å². The Hall–Kier alpha value is -4.98. The Labute approximate surface area is 256 Å². The maximum atomic E-state index is 14.1. The van der Waals surface area contributed by atoms with Crippen molar-refractivity contribution in [3.8, 4) is 11.5 Å². The Kier molecular flexibility index (Phi) is 9.83. The highest BCUT2D eigenvalue weighted by molar-refractivity contribution is 7.07. The molecule has 1 atom stereocenters. The predicted octanol–water partition coefficient (Wildman–Crippen LogP) is 2.72. The monoisotopic (exact) mass is 624 g/mol. The van der Waals surface area contributed by atoms with E-state index in [4.69, 9.17) is 14.2 Å². The summed E-state index contributed by atoms with van der Waals surface area (Å²) >= 11 is 1.10. The second-order valence-corrected chi connectivity index (χ2v) is 10.7. The quantitative estimate of drug-likeness (QED) is 0.177. The average Bonchev–Trinajstić information content (AvgIpc) is 3.29. The van der Waals surface area contributed by atoms with Crippen molar-refractivity contribution in [2.24, 2.45) is 4.99 Å². The predicted molar refractivity (Wildman–Crippen MR) is 163 cm³/mol. The zero-order valence-electron chi connectivity index (χ0n) is 25.1. The maximum Gasteiger partial charge on any atom is 0.343 e. The minimum Gasteiger partial charge on any atom is -0.490 e. The van der Waals surface area contributed by atoms with E-state index in [1.54, 1.807) is 70.1 Å². The van der Waals surface area contributed by atoms with Gasteiger partial charge >= 0.3 is 11.9 Å². The van der Waals surface area contributed by atoms with Crippen LogP contribution in [0.15, 0.2) is 57.5 Å². The lowest BCUT2D eigenvalue weighted by Gasteiger charge is -2.25. The summed E-state index contributed by atoms with van der Waals surface area (Å²) in [6, 6.07) is 8.37. The van der Waals surface area contributed by atoms with E-state index >= 15 is 0 Å². The number of allylic oxidation sites excluding steroid dienone is 1. The van der Waals surface area contributed by atoms with Crippen LogP contribution < -0.4 is 29.3 Å². The number of methoxy groups -OCH3 is 1. The summed E-state index contributed by atoms with van der Waals surface area (Å²) in [5.74, 6) is -0.645. The largest absolute Gasteiger partial charge is 0.490 e. The summed E-state index contributed by atoms with van der Waals surface area (Å²) in [5.41, 5.74) is 1.62. The molecule has 0 N–H and O–H groups in total. The third-order valence-electron chi connectivity index (χ3n) is 6.66. The van der Waals surface area contributed by atoms with Gasteiger partial charge in [0.15, 0.2) is 22.9 Å². The molecule has 232 valence electrons. The highest BCUT2D eigenvalue weighted by Crippen LogP contribution is 2.36. The van der Waals surface area contributed by atoms with Gasteiger partial charge in [-0.1, -0.05) is 17.4 Å². The fraction of sp³-hybridized carbons (Fsp3) is 0.333.